The van der Waals surface area contributed by atoms with Crippen LogP contribution in [0.1, 0.15) is 0 Å². The van der Waals surface area contributed by atoms with E-state index < -0.39 is 13.0 Å². The van der Waals surface area contributed by atoms with Gasteiger partial charge in [0.05, 0.1) is 6.54 Å². The van der Waals surface area contributed by atoms with E-state index >= 15 is 0 Å². The lowest BCUT2D eigenvalue weighted by Gasteiger charge is -2.22. The van der Waals surface area contributed by atoms with E-state index in [1.807, 2.05) is 0 Å². The molecule has 2 aromatic rings. The van der Waals surface area contributed by atoms with Crippen molar-refractivity contribution in [2.24, 2.45) is 5.73 Å². The highest BCUT2D eigenvalue weighted by atomic mass is 19.3. The maximum Gasteiger partial charge on any atom is 0.255 e. The van der Waals surface area contributed by atoms with Crippen LogP contribution in [0, 0.1) is 0 Å². The van der Waals surface area contributed by atoms with Gasteiger partial charge in [0.15, 0.2) is 5.65 Å². The Morgan fingerprint density at radius 2 is 2.00 bits per heavy atom. The van der Waals surface area contributed by atoms with E-state index in [2.05, 4.69) is 15.0 Å². The molecule has 0 aromatic carbocycles. The van der Waals surface area contributed by atoms with Gasteiger partial charge in [-0.1, -0.05) is 0 Å². The minimum absolute atomic E-state index is 0.285. The lowest BCUT2D eigenvalue weighted by Crippen LogP contribution is -2.34. The summed E-state index contributed by atoms with van der Waals surface area (Å²) in [7, 11) is 0. The number of halogens is 2. The normalized spacial score (nSPS) is 11.1. The third kappa shape index (κ3) is 2.86. The van der Waals surface area contributed by atoms with E-state index in [1.54, 1.807) is 18.3 Å². The van der Waals surface area contributed by atoms with Crippen LogP contribution < -0.4 is 10.6 Å². The van der Waals surface area contributed by atoms with Crippen LogP contribution in [0.2, 0.25) is 0 Å². The molecular formula is C11H13F2N5. The van der Waals surface area contributed by atoms with Gasteiger partial charge in [0.25, 0.3) is 6.43 Å². The highest BCUT2D eigenvalue weighted by Crippen LogP contribution is 2.15. The molecular weight excluding hydrogens is 240 g/mol. The molecule has 0 radical (unpaired) electrons. The quantitative estimate of drug-likeness (QED) is 0.862. The van der Waals surface area contributed by atoms with E-state index in [1.165, 1.54) is 11.1 Å². The molecule has 0 aliphatic rings. The lowest BCUT2D eigenvalue weighted by atomic mass is 10.3. The average molecular weight is 253 g/mol. The molecule has 0 fully saturated rings. The Morgan fingerprint density at radius 3 is 2.72 bits per heavy atom. The molecule has 0 saturated heterocycles. The lowest BCUT2D eigenvalue weighted by molar-refractivity contribution is 0.155. The topological polar surface area (TPSA) is 67.9 Å². The number of pyridine rings is 1. The molecule has 0 aliphatic heterocycles. The van der Waals surface area contributed by atoms with E-state index in [9.17, 15) is 8.78 Å². The van der Waals surface area contributed by atoms with Gasteiger partial charge in [-0.15, -0.1) is 0 Å². The fourth-order valence-electron chi connectivity index (χ4n) is 1.64. The smallest absolute Gasteiger partial charge is 0.255 e. The van der Waals surface area contributed by atoms with Crippen molar-refractivity contribution in [3.63, 3.8) is 0 Å². The summed E-state index contributed by atoms with van der Waals surface area (Å²) in [5, 5.41) is 0. The summed E-state index contributed by atoms with van der Waals surface area (Å²) in [5.41, 5.74) is 6.48. The van der Waals surface area contributed by atoms with Gasteiger partial charge in [0.1, 0.15) is 11.3 Å². The third-order valence-corrected chi connectivity index (χ3v) is 2.40. The van der Waals surface area contributed by atoms with Gasteiger partial charge in [-0.25, -0.2) is 18.7 Å². The fraction of sp³-hybridized carbons (Fsp3) is 0.364. The molecule has 2 aromatic heterocycles. The standard InChI is InChI=1S/C11H13F2N5/c12-9(13)7-18(6-3-14)10-2-1-8-11(17-10)16-5-4-15-8/h1-2,4-5,9H,3,6-7,14H2. The second-order valence-corrected chi connectivity index (χ2v) is 3.69. The van der Waals surface area contributed by atoms with Crippen molar-refractivity contribution >= 4 is 17.0 Å². The van der Waals surface area contributed by atoms with Crippen molar-refractivity contribution in [3.8, 4) is 0 Å². The molecule has 0 unspecified atom stereocenters. The Morgan fingerprint density at radius 1 is 1.22 bits per heavy atom. The summed E-state index contributed by atoms with van der Waals surface area (Å²) >= 11 is 0. The Bertz CT molecular complexity index is 520. The van der Waals surface area contributed by atoms with Gasteiger partial charge in [-0.3, -0.25) is 4.98 Å². The summed E-state index contributed by atoms with van der Waals surface area (Å²) in [6, 6.07) is 3.36. The van der Waals surface area contributed by atoms with E-state index in [0.717, 1.165) is 0 Å². The first-order valence-corrected chi connectivity index (χ1v) is 5.51. The molecule has 0 amide bonds. The van der Waals surface area contributed by atoms with E-state index in [0.29, 0.717) is 23.5 Å². The maximum absolute atomic E-state index is 12.5. The van der Waals surface area contributed by atoms with Gasteiger partial charge in [0.2, 0.25) is 0 Å². The van der Waals surface area contributed by atoms with Crippen LogP contribution in [-0.4, -0.2) is 41.0 Å². The molecule has 2 rings (SSSR count). The Kier molecular flexibility index (Phi) is 3.93. The molecule has 7 heteroatoms. The third-order valence-electron chi connectivity index (χ3n) is 2.40. The molecule has 0 aliphatic carbocycles. The molecule has 96 valence electrons. The highest BCUT2D eigenvalue weighted by Gasteiger charge is 2.14. The van der Waals surface area contributed by atoms with Gasteiger partial charge in [-0.2, -0.15) is 0 Å². The van der Waals surface area contributed by atoms with Gasteiger partial charge >= 0.3 is 0 Å². The number of nitrogens with zero attached hydrogens (tertiary/aromatic N) is 4. The van der Waals surface area contributed by atoms with Gasteiger partial charge in [-0.05, 0) is 12.1 Å². The van der Waals surface area contributed by atoms with Crippen molar-refractivity contribution in [2.75, 3.05) is 24.5 Å². The number of rotatable bonds is 5. The minimum atomic E-state index is -2.43. The monoisotopic (exact) mass is 253 g/mol. The summed E-state index contributed by atoms with van der Waals surface area (Å²) in [6.45, 7) is 0.214. The van der Waals surface area contributed by atoms with Crippen LogP contribution in [0.25, 0.3) is 11.2 Å². The van der Waals surface area contributed by atoms with E-state index in [4.69, 9.17) is 5.73 Å². The Hall–Kier alpha value is -1.89. The van der Waals surface area contributed by atoms with Crippen LogP contribution in [0.3, 0.4) is 0 Å². The second-order valence-electron chi connectivity index (χ2n) is 3.69. The number of nitrogens with two attached hydrogens (primary N) is 1. The highest BCUT2D eigenvalue weighted by molar-refractivity contribution is 5.71. The molecule has 0 saturated carbocycles. The summed E-state index contributed by atoms with van der Waals surface area (Å²) in [6.07, 6.45) is 0.635. The molecule has 2 heterocycles. The zero-order chi connectivity index (χ0) is 13.0. The first kappa shape index (κ1) is 12.6. The molecule has 5 nitrogen and oxygen atoms in total. The largest absolute Gasteiger partial charge is 0.350 e. The minimum Gasteiger partial charge on any atom is -0.350 e. The maximum atomic E-state index is 12.5. The number of aromatic nitrogens is 3. The SMILES string of the molecule is NCCN(CC(F)F)c1ccc2nccnc2n1. The first-order valence-electron chi connectivity index (χ1n) is 5.51. The predicted octanol–water partition coefficient (Wildman–Crippen LogP) is 1.05. The van der Waals surface area contributed by atoms with Crippen LogP contribution in [0.15, 0.2) is 24.5 Å². The van der Waals surface area contributed by atoms with Crippen molar-refractivity contribution in [2.45, 2.75) is 6.43 Å². The van der Waals surface area contributed by atoms with Crippen molar-refractivity contribution in [3.05, 3.63) is 24.5 Å². The first-order chi connectivity index (χ1) is 8.70. The zero-order valence-electron chi connectivity index (χ0n) is 9.63. The zero-order valence-corrected chi connectivity index (χ0v) is 9.63. The molecule has 0 atom stereocenters. The number of alkyl halides is 2. The number of fused-ring (bicyclic) bond motifs is 1. The Labute approximate surface area is 103 Å². The molecule has 0 spiro atoms. The van der Waals surface area contributed by atoms with Crippen molar-refractivity contribution in [1.29, 1.82) is 0 Å². The van der Waals surface area contributed by atoms with Crippen LogP contribution in [0.4, 0.5) is 14.6 Å². The summed E-state index contributed by atoms with van der Waals surface area (Å²) in [5.74, 6) is 0.439. The average Bonchev–Trinajstić information content (AvgIpc) is 2.37. The van der Waals surface area contributed by atoms with Gasteiger partial charge < -0.3 is 10.6 Å². The van der Waals surface area contributed by atoms with E-state index in [-0.39, 0.29) is 6.54 Å². The summed E-state index contributed by atoms with van der Waals surface area (Å²) in [4.78, 5) is 13.8. The molecule has 0 bridgehead atoms. The predicted molar refractivity (Wildman–Crippen MR) is 64.6 cm³/mol. The Balaban J connectivity index is 2.31. The number of hydrogen-bond donors (Lipinski definition) is 1. The van der Waals surface area contributed by atoms with Crippen LogP contribution in [-0.2, 0) is 0 Å². The molecule has 18 heavy (non-hydrogen) atoms. The number of hydrogen-bond acceptors (Lipinski definition) is 5. The number of anilines is 1. The van der Waals surface area contributed by atoms with Crippen molar-refractivity contribution < 1.29 is 8.78 Å². The fourth-order valence-corrected chi connectivity index (χ4v) is 1.64. The molecule has 2 N–H and O–H groups in total. The van der Waals surface area contributed by atoms with Crippen LogP contribution in [0.5, 0.6) is 0 Å². The second kappa shape index (κ2) is 5.63. The summed E-state index contributed by atoms with van der Waals surface area (Å²) < 4.78 is 24.9. The van der Waals surface area contributed by atoms with Gasteiger partial charge in [0, 0.05) is 25.5 Å². The van der Waals surface area contributed by atoms with Crippen molar-refractivity contribution in [1.82, 2.24) is 15.0 Å². The van der Waals surface area contributed by atoms with Crippen LogP contribution >= 0.6 is 0 Å².